The van der Waals surface area contributed by atoms with Crippen LogP contribution in [-0.4, -0.2) is 11.9 Å². The summed E-state index contributed by atoms with van der Waals surface area (Å²) in [5, 5.41) is 0. The Labute approximate surface area is 104 Å². The number of rotatable bonds is 3. The van der Waals surface area contributed by atoms with Crippen LogP contribution in [0.25, 0.3) is 0 Å². The van der Waals surface area contributed by atoms with Crippen LogP contribution in [0.5, 0.6) is 0 Å². The molecule has 0 unspecified atom stereocenters. The number of carbonyl (C=O) groups is 1. The molecule has 3 heteroatoms. The summed E-state index contributed by atoms with van der Waals surface area (Å²) in [5.74, 6) is -0.310. The summed E-state index contributed by atoms with van der Waals surface area (Å²) in [4.78, 5) is 12.1. The molecule has 0 aromatic heterocycles. The predicted molar refractivity (Wildman–Crippen MR) is 64.8 cm³/mol. The van der Waals surface area contributed by atoms with Gasteiger partial charge in [0.2, 0.25) is 0 Å². The lowest BCUT2D eigenvalue weighted by molar-refractivity contribution is 0.0953. The maximum atomic E-state index is 12.8. The van der Waals surface area contributed by atoms with Crippen molar-refractivity contribution >= 4 is 5.78 Å². The van der Waals surface area contributed by atoms with E-state index in [0.717, 1.165) is 5.56 Å². The zero-order chi connectivity index (χ0) is 12.5. The van der Waals surface area contributed by atoms with Gasteiger partial charge in [-0.1, -0.05) is 42.5 Å². The topological polar surface area (TPSA) is 29.6 Å². The summed E-state index contributed by atoms with van der Waals surface area (Å²) in [6.07, 6.45) is -0.670. The van der Waals surface area contributed by atoms with Gasteiger partial charge >= 0.3 is 0 Å². The number of ketones is 1. The van der Waals surface area contributed by atoms with Gasteiger partial charge in [0.1, 0.15) is 11.9 Å². The smallest absolute Gasteiger partial charge is 0.194 e. The molecule has 0 N–H and O–H groups in total. The van der Waals surface area contributed by atoms with Crippen molar-refractivity contribution in [2.45, 2.75) is 12.2 Å². The van der Waals surface area contributed by atoms with E-state index in [4.69, 9.17) is 4.74 Å². The fourth-order valence-corrected chi connectivity index (χ4v) is 1.98. The highest BCUT2D eigenvalue weighted by Crippen LogP contribution is 2.40. The number of ether oxygens (including phenoxy) is 1. The standard InChI is InChI=1S/C15H11FO2/c16-12-8-6-11(7-9-12)14-15(18-14)13(17)10-4-2-1-3-5-10/h1-9,14-15H/t14-,15+/m1/s1. The molecule has 2 aromatic rings. The zero-order valence-corrected chi connectivity index (χ0v) is 9.55. The van der Waals surface area contributed by atoms with Crippen LogP contribution in [-0.2, 0) is 4.74 Å². The Kier molecular flexibility index (Phi) is 2.68. The second kappa shape index (κ2) is 4.35. The van der Waals surface area contributed by atoms with Gasteiger partial charge in [-0.25, -0.2) is 4.39 Å². The second-order valence-electron chi connectivity index (χ2n) is 4.26. The van der Waals surface area contributed by atoms with E-state index in [2.05, 4.69) is 0 Å². The summed E-state index contributed by atoms with van der Waals surface area (Å²) in [7, 11) is 0. The van der Waals surface area contributed by atoms with E-state index in [1.165, 1.54) is 12.1 Å². The molecule has 1 aliphatic heterocycles. The molecule has 18 heavy (non-hydrogen) atoms. The van der Waals surface area contributed by atoms with E-state index in [1.807, 2.05) is 18.2 Å². The Hall–Kier alpha value is -2.00. The summed E-state index contributed by atoms with van der Waals surface area (Å²) in [5.41, 5.74) is 1.48. The number of carbonyl (C=O) groups excluding carboxylic acids is 1. The molecule has 2 aromatic carbocycles. The highest BCUT2D eigenvalue weighted by molar-refractivity contribution is 6.01. The number of halogens is 1. The van der Waals surface area contributed by atoms with E-state index in [0.29, 0.717) is 5.56 Å². The first-order chi connectivity index (χ1) is 8.75. The van der Waals surface area contributed by atoms with Crippen LogP contribution >= 0.6 is 0 Å². The number of benzene rings is 2. The van der Waals surface area contributed by atoms with Crippen LogP contribution in [0.3, 0.4) is 0 Å². The third-order valence-electron chi connectivity index (χ3n) is 3.01. The van der Waals surface area contributed by atoms with Crippen LogP contribution < -0.4 is 0 Å². The summed E-state index contributed by atoms with van der Waals surface area (Å²) in [6.45, 7) is 0. The quantitative estimate of drug-likeness (QED) is 0.611. The van der Waals surface area contributed by atoms with Gasteiger partial charge in [-0.15, -0.1) is 0 Å². The SMILES string of the molecule is O=C(c1ccccc1)[C@@H]1O[C@@H]1c1ccc(F)cc1. The van der Waals surface area contributed by atoms with E-state index in [1.54, 1.807) is 24.3 Å². The van der Waals surface area contributed by atoms with Crippen LogP contribution in [0, 0.1) is 5.82 Å². The van der Waals surface area contributed by atoms with Gasteiger partial charge in [-0.05, 0) is 17.7 Å². The van der Waals surface area contributed by atoms with Crippen LogP contribution in [0.1, 0.15) is 22.0 Å². The minimum Gasteiger partial charge on any atom is -0.356 e. The van der Waals surface area contributed by atoms with Gasteiger partial charge in [-0.3, -0.25) is 4.79 Å². The molecule has 1 heterocycles. The highest BCUT2D eigenvalue weighted by atomic mass is 19.1. The van der Waals surface area contributed by atoms with E-state index < -0.39 is 6.10 Å². The Morgan fingerprint density at radius 3 is 2.33 bits per heavy atom. The molecule has 3 rings (SSSR count). The lowest BCUT2D eigenvalue weighted by Gasteiger charge is -1.97. The van der Waals surface area contributed by atoms with Crippen molar-refractivity contribution in [1.82, 2.24) is 0 Å². The molecule has 0 aliphatic carbocycles. The zero-order valence-electron chi connectivity index (χ0n) is 9.55. The molecule has 0 bridgehead atoms. The molecule has 1 aliphatic rings. The molecule has 0 saturated carbocycles. The normalized spacial score (nSPS) is 21.6. The van der Waals surface area contributed by atoms with Gasteiger partial charge in [0.15, 0.2) is 11.9 Å². The van der Waals surface area contributed by atoms with Crippen molar-refractivity contribution in [2.24, 2.45) is 0 Å². The van der Waals surface area contributed by atoms with Gasteiger partial charge in [0.05, 0.1) is 0 Å². The third kappa shape index (κ3) is 2.05. The Bertz CT molecular complexity index is 563. The maximum absolute atomic E-state index is 12.8. The number of hydrogen-bond donors (Lipinski definition) is 0. The second-order valence-corrected chi connectivity index (χ2v) is 4.26. The largest absolute Gasteiger partial charge is 0.356 e. The average Bonchev–Trinajstić information content (AvgIpc) is 3.20. The average molecular weight is 242 g/mol. The predicted octanol–water partition coefficient (Wildman–Crippen LogP) is 3.15. The summed E-state index contributed by atoms with van der Waals surface area (Å²) >= 11 is 0. The van der Waals surface area contributed by atoms with Crippen molar-refractivity contribution in [2.75, 3.05) is 0 Å². The first-order valence-electron chi connectivity index (χ1n) is 5.76. The van der Waals surface area contributed by atoms with E-state index in [9.17, 15) is 9.18 Å². The molecule has 0 spiro atoms. The number of Topliss-reactive ketones (excluding diaryl/α,β-unsaturated/α-hetero) is 1. The molecular formula is C15H11FO2. The van der Waals surface area contributed by atoms with Crippen LogP contribution in [0.4, 0.5) is 4.39 Å². The Morgan fingerprint density at radius 1 is 1.00 bits per heavy atom. The fourth-order valence-electron chi connectivity index (χ4n) is 1.98. The van der Waals surface area contributed by atoms with Crippen molar-refractivity contribution < 1.29 is 13.9 Å². The molecular weight excluding hydrogens is 231 g/mol. The van der Waals surface area contributed by atoms with E-state index in [-0.39, 0.29) is 17.7 Å². The Morgan fingerprint density at radius 2 is 1.67 bits per heavy atom. The fraction of sp³-hybridized carbons (Fsp3) is 0.133. The summed E-state index contributed by atoms with van der Waals surface area (Å²) < 4.78 is 18.2. The van der Waals surface area contributed by atoms with Crippen molar-refractivity contribution in [3.63, 3.8) is 0 Å². The molecule has 90 valence electrons. The number of epoxide rings is 1. The number of hydrogen-bond acceptors (Lipinski definition) is 2. The van der Waals surface area contributed by atoms with Gasteiger partial charge in [0.25, 0.3) is 0 Å². The van der Waals surface area contributed by atoms with Crippen LogP contribution in [0.15, 0.2) is 54.6 Å². The maximum Gasteiger partial charge on any atom is 0.194 e. The molecule has 2 atom stereocenters. The lowest BCUT2D eigenvalue weighted by atomic mass is 10.0. The molecule has 0 radical (unpaired) electrons. The van der Waals surface area contributed by atoms with Crippen LogP contribution in [0.2, 0.25) is 0 Å². The van der Waals surface area contributed by atoms with E-state index >= 15 is 0 Å². The van der Waals surface area contributed by atoms with Gasteiger partial charge in [0, 0.05) is 5.56 Å². The lowest BCUT2D eigenvalue weighted by Crippen LogP contribution is -2.07. The monoisotopic (exact) mass is 242 g/mol. The summed E-state index contributed by atoms with van der Waals surface area (Å²) in [6, 6.07) is 15.1. The third-order valence-corrected chi connectivity index (χ3v) is 3.01. The van der Waals surface area contributed by atoms with Crippen molar-refractivity contribution in [3.8, 4) is 0 Å². The van der Waals surface area contributed by atoms with Crippen molar-refractivity contribution in [1.29, 1.82) is 0 Å². The Balaban J connectivity index is 1.75. The molecule has 2 nitrogen and oxygen atoms in total. The molecule has 0 amide bonds. The van der Waals surface area contributed by atoms with Crippen molar-refractivity contribution in [3.05, 3.63) is 71.5 Å². The highest BCUT2D eigenvalue weighted by Gasteiger charge is 2.46. The molecule has 1 fully saturated rings. The van der Waals surface area contributed by atoms with Gasteiger partial charge in [-0.2, -0.15) is 0 Å². The minimum absolute atomic E-state index is 0.0232. The first kappa shape index (κ1) is 11.1. The van der Waals surface area contributed by atoms with Gasteiger partial charge < -0.3 is 4.74 Å². The minimum atomic E-state index is -0.433. The first-order valence-corrected chi connectivity index (χ1v) is 5.76. The molecule has 1 saturated heterocycles.